The van der Waals surface area contributed by atoms with Gasteiger partial charge in [0.25, 0.3) is 0 Å². The van der Waals surface area contributed by atoms with Crippen LogP contribution in [0.25, 0.3) is 0 Å². The molecular weight excluding hydrogens is 369 g/mol. The van der Waals surface area contributed by atoms with Gasteiger partial charge in [-0.2, -0.15) is 4.31 Å². The Bertz CT molecular complexity index is 773. The van der Waals surface area contributed by atoms with Gasteiger partial charge in [-0.1, -0.05) is 34.1 Å². The van der Waals surface area contributed by atoms with Crippen LogP contribution in [-0.4, -0.2) is 18.8 Å². The van der Waals surface area contributed by atoms with E-state index in [4.69, 9.17) is 0 Å². The maximum Gasteiger partial charge on any atom is 0.243 e. The van der Waals surface area contributed by atoms with E-state index < -0.39 is 10.0 Å². The van der Waals surface area contributed by atoms with Crippen LogP contribution in [0.4, 0.5) is 4.39 Å². The number of rotatable bonds is 5. The monoisotopic (exact) mass is 383 g/mol. The van der Waals surface area contributed by atoms with E-state index in [-0.39, 0.29) is 23.3 Å². The van der Waals surface area contributed by atoms with E-state index in [0.29, 0.717) is 0 Å². The quantitative estimate of drug-likeness (QED) is 0.783. The van der Waals surface area contributed by atoms with Crippen LogP contribution in [0.2, 0.25) is 0 Å². The van der Waals surface area contributed by atoms with Gasteiger partial charge in [-0.3, -0.25) is 0 Å². The van der Waals surface area contributed by atoms with Crippen LogP contribution in [0, 0.1) is 5.82 Å². The average Bonchev–Trinajstić information content (AvgIpc) is 3.31. The zero-order valence-electron chi connectivity index (χ0n) is 11.7. The van der Waals surface area contributed by atoms with Gasteiger partial charge < -0.3 is 0 Å². The maximum absolute atomic E-state index is 13.0. The molecule has 0 spiro atoms. The number of benzene rings is 2. The summed E-state index contributed by atoms with van der Waals surface area (Å²) in [6.07, 6.45) is 1.74. The first kappa shape index (κ1) is 15.6. The number of hydrogen-bond acceptors (Lipinski definition) is 2. The van der Waals surface area contributed by atoms with E-state index in [9.17, 15) is 12.8 Å². The fourth-order valence-corrected chi connectivity index (χ4v) is 4.58. The van der Waals surface area contributed by atoms with Crippen molar-refractivity contribution in [2.45, 2.75) is 30.3 Å². The van der Waals surface area contributed by atoms with Crippen LogP contribution >= 0.6 is 15.9 Å². The second kappa shape index (κ2) is 6.10. The summed E-state index contributed by atoms with van der Waals surface area (Å²) in [5.41, 5.74) is 0.784. The van der Waals surface area contributed by atoms with Crippen molar-refractivity contribution in [3.8, 4) is 0 Å². The van der Waals surface area contributed by atoms with Gasteiger partial charge in [0.15, 0.2) is 0 Å². The van der Waals surface area contributed by atoms with Crippen molar-refractivity contribution in [3.05, 3.63) is 64.4 Å². The summed E-state index contributed by atoms with van der Waals surface area (Å²) in [6.45, 7) is 0.264. The third kappa shape index (κ3) is 3.39. The predicted molar refractivity (Wildman–Crippen MR) is 86.3 cm³/mol. The Kier molecular flexibility index (Phi) is 4.34. The summed E-state index contributed by atoms with van der Waals surface area (Å²) >= 11 is 3.31. The molecule has 3 nitrogen and oxygen atoms in total. The summed E-state index contributed by atoms with van der Waals surface area (Å²) < 4.78 is 41.0. The van der Waals surface area contributed by atoms with Gasteiger partial charge in [-0.15, -0.1) is 0 Å². The van der Waals surface area contributed by atoms with Crippen LogP contribution in [0.1, 0.15) is 18.4 Å². The molecular formula is C16H15BrFNO2S. The highest BCUT2D eigenvalue weighted by molar-refractivity contribution is 9.10. The molecule has 1 aliphatic carbocycles. The highest BCUT2D eigenvalue weighted by Crippen LogP contribution is 2.34. The summed E-state index contributed by atoms with van der Waals surface area (Å²) in [6, 6.07) is 12.7. The van der Waals surface area contributed by atoms with Gasteiger partial charge in [0, 0.05) is 17.1 Å². The minimum Gasteiger partial charge on any atom is -0.207 e. The first-order valence-electron chi connectivity index (χ1n) is 6.99. The molecule has 0 unspecified atom stereocenters. The minimum absolute atomic E-state index is 0.0361. The van der Waals surface area contributed by atoms with E-state index in [2.05, 4.69) is 15.9 Å². The fraction of sp³-hybridized carbons (Fsp3) is 0.250. The molecule has 0 heterocycles. The Balaban J connectivity index is 1.92. The standard InChI is InChI=1S/C16H15BrFNO2S/c17-13-2-1-3-16(10-13)22(20,21)19(15-8-9-15)11-12-4-6-14(18)7-5-12/h1-7,10,15H,8-9,11H2. The maximum atomic E-state index is 13.0. The molecule has 0 amide bonds. The molecule has 0 aliphatic heterocycles. The highest BCUT2D eigenvalue weighted by atomic mass is 79.9. The minimum atomic E-state index is -3.56. The lowest BCUT2D eigenvalue weighted by Gasteiger charge is -2.22. The van der Waals surface area contributed by atoms with Gasteiger partial charge in [0.05, 0.1) is 4.90 Å². The lowest BCUT2D eigenvalue weighted by Crippen LogP contribution is -2.32. The molecule has 6 heteroatoms. The molecule has 0 radical (unpaired) electrons. The summed E-state index contributed by atoms with van der Waals surface area (Å²) in [5.74, 6) is -0.323. The molecule has 3 rings (SSSR count). The fourth-order valence-electron chi connectivity index (χ4n) is 2.31. The topological polar surface area (TPSA) is 37.4 Å². The first-order valence-corrected chi connectivity index (χ1v) is 9.22. The Hall–Kier alpha value is -1.24. The summed E-state index contributed by atoms with van der Waals surface area (Å²) in [5, 5.41) is 0. The SMILES string of the molecule is O=S(=O)(c1cccc(Br)c1)N(Cc1ccc(F)cc1)C1CC1. The largest absolute Gasteiger partial charge is 0.243 e. The van der Waals surface area contributed by atoms with Gasteiger partial charge in [-0.05, 0) is 48.7 Å². The Morgan fingerprint density at radius 2 is 1.82 bits per heavy atom. The van der Waals surface area contributed by atoms with Crippen LogP contribution in [0.15, 0.2) is 57.9 Å². The van der Waals surface area contributed by atoms with Gasteiger partial charge in [-0.25, -0.2) is 12.8 Å². The molecule has 1 saturated carbocycles. The Labute approximate surface area is 137 Å². The molecule has 0 atom stereocenters. The molecule has 0 saturated heterocycles. The van der Waals surface area contributed by atoms with Crippen LogP contribution in [0.5, 0.6) is 0 Å². The van der Waals surface area contributed by atoms with Crippen LogP contribution in [-0.2, 0) is 16.6 Å². The molecule has 2 aromatic carbocycles. The zero-order chi connectivity index (χ0) is 15.7. The third-order valence-electron chi connectivity index (χ3n) is 3.61. The van der Waals surface area contributed by atoms with Gasteiger partial charge >= 0.3 is 0 Å². The van der Waals surface area contributed by atoms with Crippen molar-refractivity contribution >= 4 is 26.0 Å². The zero-order valence-corrected chi connectivity index (χ0v) is 14.1. The molecule has 22 heavy (non-hydrogen) atoms. The van der Waals surface area contributed by atoms with Crippen molar-refractivity contribution in [2.75, 3.05) is 0 Å². The normalized spacial score (nSPS) is 15.2. The molecule has 0 aromatic heterocycles. The number of nitrogens with zero attached hydrogens (tertiary/aromatic N) is 1. The highest BCUT2D eigenvalue weighted by Gasteiger charge is 2.38. The predicted octanol–water partition coefficient (Wildman–Crippen LogP) is 3.94. The van der Waals surface area contributed by atoms with Gasteiger partial charge in [0.2, 0.25) is 10.0 Å². The smallest absolute Gasteiger partial charge is 0.207 e. The van der Waals surface area contributed by atoms with Crippen molar-refractivity contribution in [1.82, 2.24) is 4.31 Å². The Morgan fingerprint density at radius 1 is 1.14 bits per heavy atom. The van der Waals surface area contributed by atoms with Crippen molar-refractivity contribution < 1.29 is 12.8 Å². The van der Waals surface area contributed by atoms with E-state index in [1.54, 1.807) is 36.4 Å². The summed E-state index contributed by atoms with van der Waals surface area (Å²) in [4.78, 5) is 0.274. The third-order valence-corrected chi connectivity index (χ3v) is 6.00. The van der Waals surface area contributed by atoms with Crippen LogP contribution < -0.4 is 0 Å². The molecule has 1 aliphatic rings. The van der Waals surface area contributed by atoms with Crippen molar-refractivity contribution in [1.29, 1.82) is 0 Å². The van der Waals surface area contributed by atoms with Crippen LogP contribution in [0.3, 0.4) is 0 Å². The molecule has 1 fully saturated rings. The van der Waals surface area contributed by atoms with E-state index in [1.165, 1.54) is 16.4 Å². The second-order valence-corrected chi connectivity index (χ2v) is 8.17. The molecule has 0 N–H and O–H groups in total. The lowest BCUT2D eigenvalue weighted by atomic mass is 10.2. The number of halogens is 2. The molecule has 0 bridgehead atoms. The second-order valence-electron chi connectivity index (χ2n) is 5.37. The van der Waals surface area contributed by atoms with Crippen molar-refractivity contribution in [3.63, 3.8) is 0 Å². The van der Waals surface area contributed by atoms with E-state index in [1.807, 2.05) is 0 Å². The average molecular weight is 384 g/mol. The number of sulfonamides is 1. The number of hydrogen-bond donors (Lipinski definition) is 0. The Morgan fingerprint density at radius 3 is 2.41 bits per heavy atom. The van der Waals surface area contributed by atoms with E-state index >= 15 is 0 Å². The molecule has 116 valence electrons. The molecule has 2 aromatic rings. The lowest BCUT2D eigenvalue weighted by molar-refractivity contribution is 0.398. The summed E-state index contributed by atoms with van der Waals surface area (Å²) in [7, 11) is -3.56. The van der Waals surface area contributed by atoms with E-state index in [0.717, 1.165) is 22.9 Å². The van der Waals surface area contributed by atoms with Gasteiger partial charge in [0.1, 0.15) is 5.82 Å². The first-order chi connectivity index (χ1) is 10.5. The van der Waals surface area contributed by atoms with Crippen molar-refractivity contribution in [2.24, 2.45) is 0 Å².